The van der Waals surface area contributed by atoms with Crippen molar-refractivity contribution >= 4 is 16.0 Å². The third-order valence-corrected chi connectivity index (χ3v) is 4.35. The molecule has 0 radical (unpaired) electrons. The molecule has 0 saturated heterocycles. The summed E-state index contributed by atoms with van der Waals surface area (Å²) in [6, 6.07) is 5.67. The molecule has 112 valence electrons. The predicted molar refractivity (Wildman–Crippen MR) is 72.5 cm³/mol. The van der Waals surface area contributed by atoms with Gasteiger partial charge in [0.05, 0.1) is 17.2 Å². The standard InChI is InChI=1S/C13H13NO6S/c1-8(12-3-2-6-20-12)14-21(18,19)9-4-5-11(15)10(7-9)13(16)17/h2-8,14-15H,1H3,(H,16,17)/t8-/m0/s1. The molecular weight excluding hydrogens is 298 g/mol. The fraction of sp³-hybridized carbons (Fsp3) is 0.154. The molecule has 8 heteroatoms. The smallest absolute Gasteiger partial charge is 0.339 e. The van der Waals surface area contributed by atoms with Crippen LogP contribution >= 0.6 is 0 Å². The maximum absolute atomic E-state index is 12.2. The first-order chi connectivity index (χ1) is 9.81. The second-order valence-corrected chi connectivity index (χ2v) is 6.06. The number of nitrogens with one attached hydrogen (secondary N) is 1. The van der Waals surface area contributed by atoms with E-state index in [4.69, 9.17) is 9.52 Å². The van der Waals surface area contributed by atoms with E-state index in [0.29, 0.717) is 5.76 Å². The summed E-state index contributed by atoms with van der Waals surface area (Å²) in [7, 11) is -3.94. The van der Waals surface area contributed by atoms with Gasteiger partial charge < -0.3 is 14.6 Å². The maximum Gasteiger partial charge on any atom is 0.339 e. The second kappa shape index (κ2) is 5.58. The van der Waals surface area contributed by atoms with E-state index in [1.807, 2.05) is 0 Å². The number of sulfonamides is 1. The molecule has 0 aliphatic carbocycles. The number of carbonyl (C=O) groups is 1. The summed E-state index contributed by atoms with van der Waals surface area (Å²) in [5.41, 5.74) is -0.483. The Labute approximate surface area is 120 Å². The van der Waals surface area contributed by atoms with Crippen molar-refractivity contribution in [3.05, 3.63) is 47.9 Å². The van der Waals surface area contributed by atoms with Gasteiger partial charge in [-0.15, -0.1) is 0 Å². The van der Waals surface area contributed by atoms with Crippen LogP contribution in [-0.4, -0.2) is 24.6 Å². The van der Waals surface area contributed by atoms with Crippen molar-refractivity contribution in [2.75, 3.05) is 0 Å². The molecule has 2 rings (SSSR count). The minimum atomic E-state index is -3.94. The van der Waals surface area contributed by atoms with E-state index in [2.05, 4.69) is 4.72 Å². The molecule has 0 bridgehead atoms. The quantitative estimate of drug-likeness (QED) is 0.774. The van der Waals surface area contributed by atoms with Crippen molar-refractivity contribution in [3.8, 4) is 5.75 Å². The average molecular weight is 311 g/mol. The predicted octanol–water partition coefficient (Wildman–Crippen LogP) is 1.72. The summed E-state index contributed by atoms with van der Waals surface area (Å²) in [5.74, 6) is -1.49. The molecule has 0 aliphatic rings. The molecule has 1 aromatic carbocycles. The summed E-state index contributed by atoms with van der Waals surface area (Å²) in [6.07, 6.45) is 1.42. The topological polar surface area (TPSA) is 117 Å². The Kier molecular flexibility index (Phi) is 4.01. The van der Waals surface area contributed by atoms with Crippen LogP contribution in [0.3, 0.4) is 0 Å². The lowest BCUT2D eigenvalue weighted by Gasteiger charge is -2.12. The molecule has 0 unspecified atom stereocenters. The van der Waals surface area contributed by atoms with Gasteiger partial charge in [-0.3, -0.25) is 0 Å². The second-order valence-electron chi connectivity index (χ2n) is 4.34. The van der Waals surface area contributed by atoms with E-state index in [1.165, 1.54) is 6.26 Å². The molecule has 0 amide bonds. The van der Waals surface area contributed by atoms with Crippen LogP contribution in [0.5, 0.6) is 5.75 Å². The van der Waals surface area contributed by atoms with Gasteiger partial charge in [0, 0.05) is 0 Å². The highest BCUT2D eigenvalue weighted by Crippen LogP contribution is 2.23. The molecule has 0 aliphatic heterocycles. The highest BCUT2D eigenvalue weighted by molar-refractivity contribution is 7.89. The summed E-state index contributed by atoms with van der Waals surface area (Å²) < 4.78 is 31.9. The number of hydrogen-bond acceptors (Lipinski definition) is 5. The zero-order chi connectivity index (χ0) is 15.6. The number of benzene rings is 1. The first kappa shape index (κ1) is 15.1. The fourth-order valence-corrected chi connectivity index (χ4v) is 2.99. The molecule has 2 aromatic rings. The van der Waals surface area contributed by atoms with Gasteiger partial charge in [0.25, 0.3) is 0 Å². The normalized spacial score (nSPS) is 13.0. The Morgan fingerprint density at radius 3 is 2.62 bits per heavy atom. The SMILES string of the molecule is C[C@H](NS(=O)(=O)c1ccc(O)c(C(=O)O)c1)c1ccco1. The molecule has 21 heavy (non-hydrogen) atoms. The van der Waals surface area contributed by atoms with Crippen LogP contribution in [0.25, 0.3) is 0 Å². The summed E-state index contributed by atoms with van der Waals surface area (Å²) in [6.45, 7) is 1.59. The number of hydrogen-bond donors (Lipinski definition) is 3. The van der Waals surface area contributed by atoms with Gasteiger partial charge in [0.1, 0.15) is 17.1 Å². The number of carboxylic acids is 1. The fourth-order valence-electron chi connectivity index (χ4n) is 1.75. The number of aromatic carboxylic acids is 1. The zero-order valence-electron chi connectivity index (χ0n) is 11.0. The Morgan fingerprint density at radius 2 is 2.05 bits per heavy atom. The molecule has 1 aromatic heterocycles. The lowest BCUT2D eigenvalue weighted by molar-refractivity contribution is 0.0693. The summed E-state index contributed by atoms with van der Waals surface area (Å²) >= 11 is 0. The van der Waals surface area contributed by atoms with Crippen LogP contribution in [0.4, 0.5) is 0 Å². The Balaban J connectivity index is 2.32. The summed E-state index contributed by atoms with van der Waals surface area (Å²) in [5, 5.41) is 18.3. The van der Waals surface area contributed by atoms with E-state index in [1.54, 1.807) is 19.1 Å². The van der Waals surface area contributed by atoms with Gasteiger partial charge in [0.15, 0.2) is 0 Å². The Morgan fingerprint density at radius 1 is 1.33 bits per heavy atom. The highest BCUT2D eigenvalue weighted by Gasteiger charge is 2.22. The van der Waals surface area contributed by atoms with Gasteiger partial charge in [-0.05, 0) is 37.3 Å². The molecule has 0 spiro atoms. The molecule has 0 fully saturated rings. The molecular formula is C13H13NO6S. The molecule has 1 atom stereocenters. The maximum atomic E-state index is 12.2. The van der Waals surface area contributed by atoms with Gasteiger partial charge in [-0.1, -0.05) is 0 Å². The van der Waals surface area contributed by atoms with Crippen LogP contribution in [0.2, 0.25) is 0 Å². The lowest BCUT2D eigenvalue weighted by atomic mass is 10.2. The number of rotatable bonds is 5. The Bertz CT molecular complexity index is 751. The number of furan rings is 1. The van der Waals surface area contributed by atoms with Crippen LogP contribution in [-0.2, 0) is 10.0 Å². The van der Waals surface area contributed by atoms with Crippen molar-refractivity contribution in [2.45, 2.75) is 17.9 Å². The van der Waals surface area contributed by atoms with Gasteiger partial charge >= 0.3 is 5.97 Å². The molecule has 3 N–H and O–H groups in total. The monoisotopic (exact) mass is 311 g/mol. The molecule has 7 nitrogen and oxygen atoms in total. The largest absolute Gasteiger partial charge is 0.507 e. The zero-order valence-corrected chi connectivity index (χ0v) is 11.8. The Hall–Kier alpha value is -2.32. The third kappa shape index (κ3) is 3.23. The van der Waals surface area contributed by atoms with Crippen molar-refractivity contribution in [1.29, 1.82) is 0 Å². The lowest BCUT2D eigenvalue weighted by Crippen LogP contribution is -2.26. The van der Waals surface area contributed by atoms with E-state index in [9.17, 15) is 18.3 Å². The van der Waals surface area contributed by atoms with Crippen molar-refractivity contribution in [3.63, 3.8) is 0 Å². The van der Waals surface area contributed by atoms with Gasteiger partial charge in [0.2, 0.25) is 10.0 Å². The third-order valence-electron chi connectivity index (χ3n) is 2.81. The van der Waals surface area contributed by atoms with Crippen molar-refractivity contribution in [2.24, 2.45) is 0 Å². The van der Waals surface area contributed by atoms with E-state index >= 15 is 0 Å². The summed E-state index contributed by atoms with van der Waals surface area (Å²) in [4.78, 5) is 10.7. The molecule has 1 heterocycles. The number of aromatic hydroxyl groups is 1. The van der Waals surface area contributed by atoms with E-state index in [-0.39, 0.29) is 4.90 Å². The van der Waals surface area contributed by atoms with Crippen molar-refractivity contribution < 1.29 is 27.8 Å². The van der Waals surface area contributed by atoms with E-state index in [0.717, 1.165) is 18.2 Å². The first-order valence-corrected chi connectivity index (χ1v) is 7.41. The number of carboxylic acid groups (broad SMARTS) is 1. The van der Waals surface area contributed by atoms with Crippen LogP contribution < -0.4 is 4.72 Å². The first-order valence-electron chi connectivity index (χ1n) is 5.93. The molecule has 0 saturated carbocycles. The van der Waals surface area contributed by atoms with Crippen LogP contribution in [0.1, 0.15) is 29.1 Å². The van der Waals surface area contributed by atoms with Crippen molar-refractivity contribution in [1.82, 2.24) is 4.72 Å². The van der Waals surface area contributed by atoms with Gasteiger partial charge in [-0.25, -0.2) is 17.9 Å². The minimum absolute atomic E-state index is 0.254. The average Bonchev–Trinajstić information content (AvgIpc) is 2.92. The van der Waals surface area contributed by atoms with Crippen LogP contribution in [0.15, 0.2) is 45.9 Å². The van der Waals surface area contributed by atoms with Gasteiger partial charge in [-0.2, -0.15) is 0 Å². The van der Waals surface area contributed by atoms with E-state index < -0.39 is 33.3 Å². The highest BCUT2D eigenvalue weighted by atomic mass is 32.2. The number of phenols is 1. The minimum Gasteiger partial charge on any atom is -0.507 e. The van der Waals surface area contributed by atoms with Crippen LogP contribution in [0, 0.1) is 0 Å².